The predicted molar refractivity (Wildman–Crippen MR) is 61.1 cm³/mol. The molecule has 5 nitrogen and oxygen atoms in total. The summed E-state index contributed by atoms with van der Waals surface area (Å²) in [6.07, 6.45) is 0.764. The van der Waals surface area contributed by atoms with Crippen molar-refractivity contribution in [3.05, 3.63) is 11.8 Å². The summed E-state index contributed by atoms with van der Waals surface area (Å²) in [6, 6.07) is 0.115. The molecule has 0 aliphatic rings. The van der Waals surface area contributed by atoms with Gasteiger partial charge in [0.25, 0.3) is 0 Å². The first-order chi connectivity index (χ1) is 7.67. The Hall–Kier alpha value is -0.940. The first kappa shape index (κ1) is 13.1. The van der Waals surface area contributed by atoms with E-state index in [0.717, 1.165) is 13.0 Å². The lowest BCUT2D eigenvalue weighted by molar-refractivity contribution is 0.156. The van der Waals surface area contributed by atoms with Crippen LogP contribution in [0.4, 0.5) is 0 Å². The summed E-state index contributed by atoms with van der Waals surface area (Å²) in [4.78, 5) is 0. The Morgan fingerprint density at radius 2 is 2.12 bits per heavy atom. The average Bonchev–Trinajstić information content (AvgIpc) is 2.67. The van der Waals surface area contributed by atoms with Crippen molar-refractivity contribution in [2.24, 2.45) is 5.92 Å². The Kier molecular flexibility index (Phi) is 5.42. The van der Waals surface area contributed by atoms with E-state index in [1.165, 1.54) is 0 Å². The Bertz CT molecular complexity index is 301. The van der Waals surface area contributed by atoms with Gasteiger partial charge in [0, 0.05) is 20.1 Å². The van der Waals surface area contributed by atoms with Crippen molar-refractivity contribution in [2.75, 3.05) is 20.3 Å². The smallest absolute Gasteiger partial charge is 0.233 e. The van der Waals surface area contributed by atoms with E-state index in [2.05, 4.69) is 29.4 Å². The van der Waals surface area contributed by atoms with Gasteiger partial charge in [-0.15, -0.1) is 10.2 Å². The largest absolute Gasteiger partial charge is 0.424 e. The van der Waals surface area contributed by atoms with Gasteiger partial charge < -0.3 is 14.5 Å². The van der Waals surface area contributed by atoms with E-state index in [1.54, 1.807) is 7.11 Å². The van der Waals surface area contributed by atoms with Gasteiger partial charge in [-0.3, -0.25) is 0 Å². The fraction of sp³-hybridized carbons (Fsp3) is 0.818. The first-order valence-corrected chi connectivity index (χ1v) is 5.72. The van der Waals surface area contributed by atoms with Crippen molar-refractivity contribution >= 4 is 0 Å². The van der Waals surface area contributed by atoms with E-state index in [9.17, 15) is 0 Å². The van der Waals surface area contributed by atoms with Gasteiger partial charge in [0.1, 0.15) is 0 Å². The van der Waals surface area contributed by atoms with Crippen molar-refractivity contribution in [2.45, 2.75) is 33.2 Å². The molecule has 2 atom stereocenters. The lowest BCUT2D eigenvalue weighted by Gasteiger charge is -2.07. The molecule has 0 saturated carbocycles. The summed E-state index contributed by atoms with van der Waals surface area (Å²) in [5.41, 5.74) is 0. The fourth-order valence-electron chi connectivity index (χ4n) is 1.56. The van der Waals surface area contributed by atoms with Gasteiger partial charge in [0.2, 0.25) is 11.8 Å². The third-order valence-corrected chi connectivity index (χ3v) is 2.34. The molecular formula is C11H21N3O2. The summed E-state index contributed by atoms with van der Waals surface area (Å²) >= 11 is 0. The number of nitrogens with one attached hydrogen (secondary N) is 1. The molecule has 16 heavy (non-hydrogen) atoms. The van der Waals surface area contributed by atoms with Crippen molar-refractivity contribution < 1.29 is 9.15 Å². The van der Waals surface area contributed by atoms with Gasteiger partial charge >= 0.3 is 0 Å². The first-order valence-electron chi connectivity index (χ1n) is 5.72. The maximum absolute atomic E-state index is 5.57. The Balaban J connectivity index is 2.50. The van der Waals surface area contributed by atoms with Crippen LogP contribution in [0.3, 0.4) is 0 Å². The third kappa shape index (κ3) is 3.90. The maximum Gasteiger partial charge on any atom is 0.233 e. The fourth-order valence-corrected chi connectivity index (χ4v) is 1.56. The number of methoxy groups -OCH3 is 1. The minimum Gasteiger partial charge on any atom is -0.424 e. The molecule has 0 aromatic carbocycles. The highest BCUT2D eigenvalue weighted by atomic mass is 16.5. The van der Waals surface area contributed by atoms with Crippen LogP contribution < -0.4 is 5.32 Å². The molecule has 92 valence electrons. The average molecular weight is 227 g/mol. The van der Waals surface area contributed by atoms with Crippen LogP contribution in [-0.2, 0) is 11.2 Å². The minimum absolute atomic E-state index is 0.115. The van der Waals surface area contributed by atoms with E-state index in [1.807, 2.05) is 6.92 Å². The van der Waals surface area contributed by atoms with E-state index >= 15 is 0 Å². The highest BCUT2D eigenvalue weighted by molar-refractivity contribution is 4.88. The minimum atomic E-state index is 0.115. The van der Waals surface area contributed by atoms with Gasteiger partial charge in [-0.25, -0.2) is 0 Å². The highest BCUT2D eigenvalue weighted by Gasteiger charge is 2.14. The van der Waals surface area contributed by atoms with Crippen molar-refractivity contribution in [1.82, 2.24) is 15.5 Å². The van der Waals surface area contributed by atoms with E-state index < -0.39 is 0 Å². The second-order valence-electron chi connectivity index (χ2n) is 4.08. The molecule has 1 aromatic rings. The molecule has 5 heteroatoms. The molecule has 0 aliphatic carbocycles. The van der Waals surface area contributed by atoms with Gasteiger partial charge in [0.15, 0.2) is 0 Å². The van der Waals surface area contributed by atoms with Gasteiger partial charge in [0.05, 0.1) is 6.04 Å². The normalized spacial score (nSPS) is 15.0. The van der Waals surface area contributed by atoms with E-state index in [4.69, 9.17) is 9.15 Å². The van der Waals surface area contributed by atoms with Crippen LogP contribution in [0.15, 0.2) is 4.42 Å². The summed E-state index contributed by atoms with van der Waals surface area (Å²) in [7, 11) is 1.70. The molecule has 1 heterocycles. The Morgan fingerprint density at radius 3 is 2.75 bits per heavy atom. The molecule has 0 aliphatic heterocycles. The van der Waals surface area contributed by atoms with Crippen molar-refractivity contribution in [1.29, 1.82) is 0 Å². The second-order valence-corrected chi connectivity index (χ2v) is 4.08. The van der Waals surface area contributed by atoms with Crippen LogP contribution >= 0.6 is 0 Å². The summed E-state index contributed by atoms with van der Waals surface area (Å²) in [5, 5.41) is 11.3. The third-order valence-electron chi connectivity index (χ3n) is 2.34. The van der Waals surface area contributed by atoms with E-state index in [-0.39, 0.29) is 6.04 Å². The molecule has 0 amide bonds. The standard InChI is InChI=1S/C11H21N3O2/c1-5-12-9(3)11-14-13-10(16-11)6-8(2)7-15-4/h8-9,12H,5-7H2,1-4H3. The summed E-state index contributed by atoms with van der Waals surface area (Å²) in [6.45, 7) is 7.76. The molecule has 1 N–H and O–H groups in total. The number of hydrogen-bond acceptors (Lipinski definition) is 5. The number of nitrogens with zero attached hydrogens (tertiary/aromatic N) is 2. The SMILES string of the molecule is CCNC(C)c1nnc(CC(C)COC)o1. The number of hydrogen-bond donors (Lipinski definition) is 1. The predicted octanol–water partition coefficient (Wildman–Crippen LogP) is 1.57. The van der Waals surface area contributed by atoms with Gasteiger partial charge in [-0.1, -0.05) is 13.8 Å². The lowest BCUT2D eigenvalue weighted by Crippen LogP contribution is -2.17. The van der Waals surface area contributed by atoms with Crippen molar-refractivity contribution in [3.8, 4) is 0 Å². The van der Waals surface area contributed by atoms with E-state index in [0.29, 0.717) is 24.3 Å². The van der Waals surface area contributed by atoms with Crippen LogP contribution in [0.25, 0.3) is 0 Å². The molecule has 1 aromatic heterocycles. The molecule has 0 radical (unpaired) electrons. The maximum atomic E-state index is 5.57. The molecular weight excluding hydrogens is 206 g/mol. The molecule has 0 bridgehead atoms. The highest BCUT2D eigenvalue weighted by Crippen LogP contribution is 2.13. The molecule has 0 fully saturated rings. The van der Waals surface area contributed by atoms with Crippen LogP contribution in [0, 0.1) is 5.92 Å². The zero-order valence-corrected chi connectivity index (χ0v) is 10.5. The zero-order chi connectivity index (χ0) is 12.0. The molecule has 1 rings (SSSR count). The Labute approximate surface area is 96.6 Å². The number of rotatable bonds is 7. The Morgan fingerprint density at radius 1 is 1.38 bits per heavy atom. The monoisotopic (exact) mass is 227 g/mol. The topological polar surface area (TPSA) is 60.2 Å². The van der Waals surface area contributed by atoms with Crippen molar-refractivity contribution in [3.63, 3.8) is 0 Å². The number of aromatic nitrogens is 2. The quantitative estimate of drug-likeness (QED) is 0.766. The molecule has 0 spiro atoms. The zero-order valence-electron chi connectivity index (χ0n) is 10.5. The lowest BCUT2D eigenvalue weighted by atomic mass is 10.1. The van der Waals surface area contributed by atoms with Crippen LogP contribution in [0.1, 0.15) is 38.6 Å². The summed E-state index contributed by atoms with van der Waals surface area (Å²) in [5.74, 6) is 1.73. The second kappa shape index (κ2) is 6.60. The van der Waals surface area contributed by atoms with Crippen LogP contribution in [-0.4, -0.2) is 30.5 Å². The van der Waals surface area contributed by atoms with Crippen LogP contribution in [0.5, 0.6) is 0 Å². The molecule has 2 unspecified atom stereocenters. The molecule has 0 saturated heterocycles. The van der Waals surface area contributed by atoms with Gasteiger partial charge in [-0.05, 0) is 19.4 Å². The van der Waals surface area contributed by atoms with Gasteiger partial charge in [-0.2, -0.15) is 0 Å². The number of ether oxygens (including phenoxy) is 1. The summed E-state index contributed by atoms with van der Waals surface area (Å²) < 4.78 is 10.6. The van der Waals surface area contributed by atoms with Crippen LogP contribution in [0.2, 0.25) is 0 Å².